The molecule has 4 heteroatoms. The summed E-state index contributed by atoms with van der Waals surface area (Å²) in [5.74, 6) is 1.07. The van der Waals surface area contributed by atoms with Crippen LogP contribution < -0.4 is 9.47 Å². The smallest absolute Gasteiger partial charge is 0.172 e. The van der Waals surface area contributed by atoms with E-state index in [2.05, 4.69) is 0 Å². The first-order valence-corrected chi connectivity index (χ1v) is 6.46. The van der Waals surface area contributed by atoms with Crippen molar-refractivity contribution < 1.29 is 14.3 Å². The average Bonchev–Trinajstić information content (AvgIpc) is 2.93. The van der Waals surface area contributed by atoms with E-state index in [-0.39, 0.29) is 6.10 Å². The topological polar surface area (TPSA) is 35.5 Å². The van der Waals surface area contributed by atoms with Crippen molar-refractivity contribution in [2.75, 3.05) is 7.11 Å². The van der Waals surface area contributed by atoms with E-state index in [0.717, 1.165) is 11.2 Å². The summed E-state index contributed by atoms with van der Waals surface area (Å²) < 4.78 is 11.1. The zero-order valence-electron chi connectivity index (χ0n) is 10.3. The Morgan fingerprint density at radius 3 is 2.72 bits per heavy atom. The summed E-state index contributed by atoms with van der Waals surface area (Å²) in [6, 6.07) is 9.24. The highest BCUT2D eigenvalue weighted by Crippen LogP contribution is 2.34. The number of ether oxygens (including phenoxy) is 2. The van der Waals surface area contributed by atoms with Gasteiger partial charge >= 0.3 is 0 Å². The normalized spacial score (nSPS) is 11.9. The molecule has 0 saturated heterocycles. The first-order chi connectivity index (χ1) is 8.76. The van der Waals surface area contributed by atoms with Crippen LogP contribution in [0.1, 0.15) is 28.3 Å². The SMILES string of the molecule is COc1cccc(C=O)c1OC(C)c1cccs1. The number of hydrogen-bond donors (Lipinski definition) is 0. The van der Waals surface area contributed by atoms with E-state index in [1.54, 1.807) is 36.6 Å². The number of benzene rings is 1. The highest BCUT2D eigenvalue weighted by atomic mass is 32.1. The van der Waals surface area contributed by atoms with Crippen LogP contribution in [-0.4, -0.2) is 13.4 Å². The fourth-order valence-electron chi connectivity index (χ4n) is 1.67. The highest BCUT2D eigenvalue weighted by Gasteiger charge is 2.15. The molecule has 1 unspecified atom stereocenters. The number of carbonyl (C=O) groups is 1. The number of carbonyl (C=O) groups excluding carboxylic acids is 1. The van der Waals surface area contributed by atoms with E-state index >= 15 is 0 Å². The Bertz CT molecular complexity index is 520. The number of aldehydes is 1. The molecule has 3 nitrogen and oxygen atoms in total. The van der Waals surface area contributed by atoms with Crippen LogP contribution in [0.4, 0.5) is 0 Å². The molecule has 1 aromatic carbocycles. The predicted molar refractivity (Wildman–Crippen MR) is 71.7 cm³/mol. The van der Waals surface area contributed by atoms with Gasteiger partial charge in [0.1, 0.15) is 6.10 Å². The Morgan fingerprint density at radius 1 is 1.28 bits per heavy atom. The van der Waals surface area contributed by atoms with E-state index < -0.39 is 0 Å². The first-order valence-electron chi connectivity index (χ1n) is 5.58. The van der Waals surface area contributed by atoms with Crippen molar-refractivity contribution in [1.82, 2.24) is 0 Å². The molecule has 0 saturated carbocycles. The molecule has 0 radical (unpaired) electrons. The second-order valence-electron chi connectivity index (χ2n) is 3.77. The van der Waals surface area contributed by atoms with Gasteiger partial charge in [-0.2, -0.15) is 0 Å². The molecule has 2 aromatic rings. The number of thiophene rings is 1. The number of methoxy groups -OCH3 is 1. The summed E-state index contributed by atoms with van der Waals surface area (Å²) in [7, 11) is 1.56. The molecule has 1 atom stereocenters. The zero-order valence-corrected chi connectivity index (χ0v) is 11.1. The van der Waals surface area contributed by atoms with E-state index in [1.807, 2.05) is 24.4 Å². The van der Waals surface area contributed by atoms with E-state index in [1.165, 1.54) is 0 Å². The van der Waals surface area contributed by atoms with Crippen LogP contribution >= 0.6 is 11.3 Å². The Labute approximate surface area is 110 Å². The molecule has 0 aliphatic carbocycles. The van der Waals surface area contributed by atoms with Gasteiger partial charge in [-0.3, -0.25) is 4.79 Å². The molecular formula is C14H14O3S. The van der Waals surface area contributed by atoms with Crippen LogP contribution in [0.25, 0.3) is 0 Å². The number of hydrogen-bond acceptors (Lipinski definition) is 4. The van der Waals surface area contributed by atoms with E-state index in [0.29, 0.717) is 17.1 Å². The van der Waals surface area contributed by atoms with Crippen molar-refractivity contribution in [3.63, 3.8) is 0 Å². The lowest BCUT2D eigenvalue weighted by Gasteiger charge is -2.17. The maximum atomic E-state index is 11.0. The van der Waals surface area contributed by atoms with Crippen molar-refractivity contribution in [2.45, 2.75) is 13.0 Å². The lowest BCUT2D eigenvalue weighted by atomic mass is 10.2. The van der Waals surface area contributed by atoms with Crippen molar-refractivity contribution in [3.05, 3.63) is 46.2 Å². The average molecular weight is 262 g/mol. The molecule has 0 bridgehead atoms. The minimum atomic E-state index is -0.111. The van der Waals surface area contributed by atoms with Gasteiger partial charge in [-0.1, -0.05) is 12.1 Å². The molecule has 0 aliphatic heterocycles. The third-order valence-corrected chi connectivity index (χ3v) is 3.63. The van der Waals surface area contributed by atoms with Gasteiger partial charge in [-0.05, 0) is 30.5 Å². The quantitative estimate of drug-likeness (QED) is 0.770. The largest absolute Gasteiger partial charge is 0.493 e. The van der Waals surface area contributed by atoms with Crippen molar-refractivity contribution in [1.29, 1.82) is 0 Å². The van der Waals surface area contributed by atoms with Gasteiger partial charge in [0.15, 0.2) is 17.8 Å². The van der Waals surface area contributed by atoms with Crippen LogP contribution in [0, 0.1) is 0 Å². The van der Waals surface area contributed by atoms with Gasteiger partial charge in [0.2, 0.25) is 0 Å². The van der Waals surface area contributed by atoms with Crippen LogP contribution in [-0.2, 0) is 0 Å². The number of para-hydroxylation sites is 1. The molecule has 0 fully saturated rings. The lowest BCUT2D eigenvalue weighted by molar-refractivity contribution is 0.111. The van der Waals surface area contributed by atoms with Crippen molar-refractivity contribution in [3.8, 4) is 11.5 Å². The lowest BCUT2D eigenvalue weighted by Crippen LogP contribution is -2.04. The van der Waals surface area contributed by atoms with Gasteiger partial charge in [0.25, 0.3) is 0 Å². The minimum Gasteiger partial charge on any atom is -0.493 e. The molecule has 0 N–H and O–H groups in total. The van der Waals surface area contributed by atoms with Gasteiger partial charge in [-0.25, -0.2) is 0 Å². The molecule has 2 rings (SSSR count). The molecule has 94 valence electrons. The van der Waals surface area contributed by atoms with Crippen LogP contribution in [0.2, 0.25) is 0 Å². The molecular weight excluding hydrogens is 248 g/mol. The fraction of sp³-hybridized carbons (Fsp3) is 0.214. The van der Waals surface area contributed by atoms with Crippen molar-refractivity contribution >= 4 is 17.6 Å². The van der Waals surface area contributed by atoms with E-state index in [9.17, 15) is 4.79 Å². The van der Waals surface area contributed by atoms with E-state index in [4.69, 9.17) is 9.47 Å². The van der Waals surface area contributed by atoms with Crippen molar-refractivity contribution in [2.24, 2.45) is 0 Å². The second kappa shape index (κ2) is 5.69. The Morgan fingerprint density at radius 2 is 2.11 bits per heavy atom. The van der Waals surface area contributed by atoms with Gasteiger partial charge < -0.3 is 9.47 Å². The summed E-state index contributed by atoms with van der Waals surface area (Å²) in [6.45, 7) is 1.95. The molecule has 1 heterocycles. The standard InChI is InChI=1S/C14H14O3S/c1-10(13-7-4-8-18-13)17-14-11(9-15)5-3-6-12(14)16-2/h3-10H,1-2H3. The van der Waals surface area contributed by atoms with Crippen LogP contribution in [0.5, 0.6) is 11.5 Å². The molecule has 18 heavy (non-hydrogen) atoms. The van der Waals surface area contributed by atoms with Gasteiger partial charge in [-0.15, -0.1) is 11.3 Å². The maximum Gasteiger partial charge on any atom is 0.172 e. The Balaban J connectivity index is 2.30. The second-order valence-corrected chi connectivity index (χ2v) is 4.75. The third-order valence-electron chi connectivity index (χ3n) is 2.59. The summed E-state index contributed by atoms with van der Waals surface area (Å²) in [6.07, 6.45) is 0.666. The molecule has 0 spiro atoms. The summed E-state index contributed by atoms with van der Waals surface area (Å²) in [5.41, 5.74) is 0.498. The molecule has 1 aromatic heterocycles. The summed E-state index contributed by atoms with van der Waals surface area (Å²) in [4.78, 5) is 12.1. The monoisotopic (exact) mass is 262 g/mol. The highest BCUT2D eigenvalue weighted by molar-refractivity contribution is 7.10. The Hall–Kier alpha value is -1.81. The van der Waals surface area contributed by atoms with Gasteiger partial charge in [0, 0.05) is 4.88 Å². The number of rotatable bonds is 5. The predicted octanol–water partition coefficient (Wildman–Crippen LogP) is 3.71. The first kappa shape index (κ1) is 12.6. The molecule has 0 amide bonds. The maximum absolute atomic E-state index is 11.0. The fourth-order valence-corrected chi connectivity index (χ4v) is 2.38. The summed E-state index contributed by atoms with van der Waals surface area (Å²) >= 11 is 1.62. The zero-order chi connectivity index (χ0) is 13.0. The van der Waals surface area contributed by atoms with Crippen LogP contribution in [0.15, 0.2) is 35.7 Å². The van der Waals surface area contributed by atoms with Crippen LogP contribution in [0.3, 0.4) is 0 Å². The Kier molecular flexibility index (Phi) is 3.99. The summed E-state index contributed by atoms with van der Waals surface area (Å²) in [5, 5.41) is 2.00. The minimum absolute atomic E-state index is 0.111. The molecule has 0 aliphatic rings. The van der Waals surface area contributed by atoms with Gasteiger partial charge in [0.05, 0.1) is 12.7 Å². The third kappa shape index (κ3) is 2.54.